The summed E-state index contributed by atoms with van der Waals surface area (Å²) in [6.07, 6.45) is 1.93. The molecule has 0 unspecified atom stereocenters. The predicted molar refractivity (Wildman–Crippen MR) is 68.5 cm³/mol. The first-order valence-electron chi connectivity index (χ1n) is 5.97. The third kappa shape index (κ3) is 2.32. The van der Waals surface area contributed by atoms with Crippen LogP contribution < -0.4 is 0 Å². The molecule has 1 aliphatic rings. The van der Waals surface area contributed by atoms with E-state index in [1.807, 2.05) is 6.92 Å². The summed E-state index contributed by atoms with van der Waals surface area (Å²) in [4.78, 5) is 27.6. The molecular formula is C14H15NO3. The van der Waals surface area contributed by atoms with Crippen LogP contribution in [0.4, 0.5) is 5.69 Å². The monoisotopic (exact) mass is 245 g/mol. The zero-order valence-corrected chi connectivity index (χ0v) is 10.5. The van der Waals surface area contributed by atoms with Crippen LogP contribution in [-0.4, -0.2) is 24.6 Å². The van der Waals surface area contributed by atoms with E-state index < -0.39 is 5.97 Å². The van der Waals surface area contributed by atoms with Crippen LogP contribution in [0.5, 0.6) is 0 Å². The van der Waals surface area contributed by atoms with Crippen LogP contribution in [-0.2, 0) is 16.0 Å². The lowest BCUT2D eigenvalue weighted by Crippen LogP contribution is -2.20. The summed E-state index contributed by atoms with van der Waals surface area (Å²) in [5.74, 6) is -0.347. The van der Waals surface area contributed by atoms with Gasteiger partial charge in [-0.1, -0.05) is 13.3 Å². The molecule has 4 nitrogen and oxygen atoms in total. The molecule has 0 aliphatic carbocycles. The molecule has 1 aromatic rings. The second-order valence-corrected chi connectivity index (χ2v) is 4.24. The van der Waals surface area contributed by atoms with Gasteiger partial charge in [-0.25, -0.2) is 9.79 Å². The number of Topliss-reactive ketones (excluding diaryl/α,β-unsaturated/α-hetero) is 1. The van der Waals surface area contributed by atoms with Gasteiger partial charge in [-0.3, -0.25) is 4.79 Å². The smallest absolute Gasteiger partial charge is 0.337 e. The molecule has 1 aromatic carbocycles. The molecule has 0 fully saturated rings. The lowest BCUT2D eigenvalue weighted by atomic mass is 9.96. The van der Waals surface area contributed by atoms with E-state index in [1.165, 1.54) is 7.11 Å². The van der Waals surface area contributed by atoms with Crippen molar-refractivity contribution in [3.8, 4) is 0 Å². The minimum Gasteiger partial charge on any atom is -0.465 e. The zero-order valence-electron chi connectivity index (χ0n) is 10.5. The van der Waals surface area contributed by atoms with Crippen molar-refractivity contribution >= 4 is 23.2 Å². The van der Waals surface area contributed by atoms with Crippen molar-refractivity contribution in [2.45, 2.75) is 26.2 Å². The van der Waals surface area contributed by atoms with Crippen LogP contribution in [0.3, 0.4) is 0 Å². The van der Waals surface area contributed by atoms with Gasteiger partial charge in [-0.15, -0.1) is 0 Å². The second kappa shape index (κ2) is 5.12. The maximum atomic E-state index is 11.9. The third-order valence-corrected chi connectivity index (χ3v) is 2.92. The Morgan fingerprint density at radius 3 is 2.89 bits per heavy atom. The Hall–Kier alpha value is -1.97. The molecule has 94 valence electrons. The molecule has 18 heavy (non-hydrogen) atoms. The van der Waals surface area contributed by atoms with E-state index in [0.29, 0.717) is 24.1 Å². The number of ether oxygens (including phenoxy) is 1. The van der Waals surface area contributed by atoms with E-state index in [9.17, 15) is 9.59 Å². The number of aliphatic imine (C=N–C) groups is 1. The highest BCUT2D eigenvalue weighted by Gasteiger charge is 2.20. The van der Waals surface area contributed by atoms with Crippen molar-refractivity contribution in [1.29, 1.82) is 0 Å². The molecule has 0 aromatic heterocycles. The summed E-state index contributed by atoms with van der Waals surface area (Å²) in [5.41, 5.74) is 2.67. The van der Waals surface area contributed by atoms with Crippen molar-refractivity contribution in [2.24, 2.45) is 4.99 Å². The number of hydrogen-bond donors (Lipinski definition) is 0. The molecule has 2 rings (SSSR count). The Labute approximate surface area is 106 Å². The zero-order chi connectivity index (χ0) is 13.1. The molecule has 1 heterocycles. The van der Waals surface area contributed by atoms with Crippen LogP contribution in [0, 0.1) is 0 Å². The first-order chi connectivity index (χ1) is 8.65. The topological polar surface area (TPSA) is 55.7 Å². The van der Waals surface area contributed by atoms with Crippen molar-refractivity contribution in [3.63, 3.8) is 0 Å². The maximum absolute atomic E-state index is 11.9. The van der Waals surface area contributed by atoms with Gasteiger partial charge in [-0.2, -0.15) is 0 Å². The van der Waals surface area contributed by atoms with Crippen LogP contribution in [0.15, 0.2) is 23.2 Å². The fourth-order valence-electron chi connectivity index (χ4n) is 2.00. The fourth-order valence-corrected chi connectivity index (χ4v) is 2.00. The number of nitrogens with zero attached hydrogens (tertiary/aromatic N) is 1. The lowest BCUT2D eigenvalue weighted by molar-refractivity contribution is -0.112. The van der Waals surface area contributed by atoms with Gasteiger partial charge >= 0.3 is 5.97 Å². The number of benzene rings is 1. The van der Waals surface area contributed by atoms with Crippen LogP contribution >= 0.6 is 0 Å². The molecular weight excluding hydrogens is 230 g/mol. The first-order valence-corrected chi connectivity index (χ1v) is 5.97. The van der Waals surface area contributed by atoms with Gasteiger partial charge in [0.05, 0.1) is 24.1 Å². The van der Waals surface area contributed by atoms with Gasteiger partial charge in [0.25, 0.3) is 0 Å². The average molecular weight is 245 g/mol. The van der Waals surface area contributed by atoms with Gasteiger partial charge in [0.2, 0.25) is 0 Å². The summed E-state index contributed by atoms with van der Waals surface area (Å²) in [6, 6.07) is 5.13. The Balaban J connectivity index is 2.37. The Bertz CT molecular complexity index is 532. The molecule has 0 saturated carbocycles. The van der Waals surface area contributed by atoms with Gasteiger partial charge in [0, 0.05) is 6.42 Å². The van der Waals surface area contributed by atoms with E-state index in [4.69, 9.17) is 0 Å². The minimum absolute atomic E-state index is 0.0476. The van der Waals surface area contributed by atoms with E-state index in [1.54, 1.807) is 18.2 Å². The number of hydrogen-bond acceptors (Lipinski definition) is 4. The van der Waals surface area contributed by atoms with E-state index in [0.717, 1.165) is 17.7 Å². The first kappa shape index (κ1) is 12.5. The molecule has 0 amide bonds. The van der Waals surface area contributed by atoms with Crippen molar-refractivity contribution in [2.75, 3.05) is 7.11 Å². The Kier molecular flexibility index (Phi) is 3.55. The van der Waals surface area contributed by atoms with E-state index >= 15 is 0 Å². The number of carbonyl (C=O) groups excluding carboxylic acids is 2. The predicted octanol–water partition coefficient (Wildman–Crippen LogP) is 2.47. The summed E-state index contributed by atoms with van der Waals surface area (Å²) >= 11 is 0. The number of esters is 1. The highest BCUT2D eigenvalue weighted by Crippen LogP contribution is 2.26. The van der Waals surface area contributed by atoms with Crippen LogP contribution in [0.25, 0.3) is 0 Å². The molecule has 0 N–H and O–H groups in total. The summed E-state index contributed by atoms with van der Waals surface area (Å²) in [6.45, 7) is 2.02. The highest BCUT2D eigenvalue weighted by molar-refractivity contribution is 6.41. The van der Waals surface area contributed by atoms with E-state index in [-0.39, 0.29) is 5.78 Å². The molecule has 0 atom stereocenters. The summed E-state index contributed by atoms with van der Waals surface area (Å²) in [5, 5.41) is 0. The number of methoxy groups -OCH3 is 1. The SMILES string of the molecule is CCCC1=Nc2ccc(C(=O)OC)cc2CC1=O. The van der Waals surface area contributed by atoms with Crippen molar-refractivity contribution in [1.82, 2.24) is 0 Å². The Morgan fingerprint density at radius 1 is 1.44 bits per heavy atom. The summed E-state index contributed by atoms with van der Waals surface area (Å²) in [7, 11) is 1.34. The quantitative estimate of drug-likeness (QED) is 0.769. The van der Waals surface area contributed by atoms with Gasteiger partial charge in [0.1, 0.15) is 0 Å². The molecule has 0 radical (unpaired) electrons. The normalized spacial score (nSPS) is 13.9. The van der Waals surface area contributed by atoms with Crippen LogP contribution in [0.2, 0.25) is 0 Å². The highest BCUT2D eigenvalue weighted by atomic mass is 16.5. The van der Waals surface area contributed by atoms with Gasteiger partial charge in [0.15, 0.2) is 5.78 Å². The lowest BCUT2D eigenvalue weighted by Gasteiger charge is -2.14. The maximum Gasteiger partial charge on any atom is 0.337 e. The molecule has 0 bridgehead atoms. The van der Waals surface area contributed by atoms with Crippen LogP contribution in [0.1, 0.15) is 35.7 Å². The largest absolute Gasteiger partial charge is 0.465 e. The number of ketones is 1. The number of rotatable bonds is 3. The standard InChI is InChI=1S/C14H15NO3/c1-3-4-12-13(16)8-10-7-9(14(17)18-2)5-6-11(10)15-12/h5-7H,3-4,8H2,1-2H3. The van der Waals surface area contributed by atoms with Crippen molar-refractivity contribution < 1.29 is 14.3 Å². The summed E-state index contributed by atoms with van der Waals surface area (Å²) < 4.78 is 4.65. The Morgan fingerprint density at radius 2 is 2.22 bits per heavy atom. The van der Waals surface area contributed by atoms with E-state index in [2.05, 4.69) is 9.73 Å². The van der Waals surface area contributed by atoms with Gasteiger partial charge < -0.3 is 4.74 Å². The number of carbonyl (C=O) groups is 2. The van der Waals surface area contributed by atoms with Crippen molar-refractivity contribution in [3.05, 3.63) is 29.3 Å². The minimum atomic E-state index is -0.395. The molecule has 0 saturated heterocycles. The second-order valence-electron chi connectivity index (χ2n) is 4.24. The van der Waals surface area contributed by atoms with Gasteiger partial charge in [-0.05, 0) is 30.2 Å². The fraction of sp³-hybridized carbons (Fsp3) is 0.357. The number of fused-ring (bicyclic) bond motifs is 1. The molecule has 0 spiro atoms. The molecule has 4 heteroatoms. The molecule has 1 aliphatic heterocycles. The average Bonchev–Trinajstić information content (AvgIpc) is 2.38. The third-order valence-electron chi connectivity index (χ3n) is 2.92.